The molecule has 5 nitrogen and oxygen atoms in total. The summed E-state index contributed by atoms with van der Waals surface area (Å²) in [5.74, 6) is 0. The lowest BCUT2D eigenvalue weighted by Crippen LogP contribution is -2.48. The fraction of sp³-hybridized carbons (Fsp3) is 1.00. The first-order valence-electron chi connectivity index (χ1n) is 7.26. The molecule has 1 rings (SSSR count). The molecule has 2 unspecified atom stereocenters. The first-order valence-corrected chi connectivity index (χ1v) is 7.26. The molecule has 0 radical (unpaired) electrons. The van der Waals surface area contributed by atoms with E-state index in [1.807, 2.05) is 0 Å². The van der Waals surface area contributed by atoms with Crippen LogP contribution in [0.1, 0.15) is 27.2 Å². The minimum atomic E-state index is -0.373. The zero-order valence-electron chi connectivity index (χ0n) is 12.6. The zero-order valence-corrected chi connectivity index (χ0v) is 12.6. The quantitative estimate of drug-likeness (QED) is 0.613. The fourth-order valence-electron chi connectivity index (χ4n) is 2.39. The molecule has 0 saturated carbocycles. The summed E-state index contributed by atoms with van der Waals surface area (Å²) in [6, 6.07) is 0.219. The highest BCUT2D eigenvalue weighted by Gasteiger charge is 2.24. The van der Waals surface area contributed by atoms with Crippen molar-refractivity contribution in [3.05, 3.63) is 0 Å². The van der Waals surface area contributed by atoms with Crippen LogP contribution in [0.25, 0.3) is 0 Å². The zero-order chi connectivity index (χ0) is 14.3. The molecule has 1 aliphatic heterocycles. The molecule has 1 aliphatic rings. The van der Waals surface area contributed by atoms with Crippen LogP contribution in [0, 0.1) is 5.41 Å². The first kappa shape index (κ1) is 16.9. The summed E-state index contributed by atoms with van der Waals surface area (Å²) in [5.41, 5.74) is 0.0847. The number of ether oxygens (including phenoxy) is 1. The van der Waals surface area contributed by atoms with Gasteiger partial charge in [-0.2, -0.15) is 0 Å². The Morgan fingerprint density at radius 1 is 1.26 bits per heavy atom. The van der Waals surface area contributed by atoms with Gasteiger partial charge >= 0.3 is 0 Å². The van der Waals surface area contributed by atoms with Crippen molar-refractivity contribution >= 4 is 0 Å². The number of β-amino-alcohol motifs (C(OH)–C–C–N with tert-alkyl or cyclic N) is 1. The Kier molecular flexibility index (Phi) is 7.25. The van der Waals surface area contributed by atoms with E-state index < -0.39 is 0 Å². The van der Waals surface area contributed by atoms with Crippen LogP contribution >= 0.6 is 0 Å². The van der Waals surface area contributed by atoms with Crippen LogP contribution in [0.2, 0.25) is 0 Å². The molecule has 1 saturated heterocycles. The number of aliphatic hydroxyl groups excluding tert-OH is 2. The molecular weight excluding hydrogens is 244 g/mol. The lowest BCUT2D eigenvalue weighted by Gasteiger charge is -2.33. The molecule has 0 aromatic rings. The van der Waals surface area contributed by atoms with Gasteiger partial charge in [-0.05, 0) is 11.8 Å². The molecule has 0 spiro atoms. The summed E-state index contributed by atoms with van der Waals surface area (Å²) in [5, 5.41) is 22.6. The van der Waals surface area contributed by atoms with Crippen molar-refractivity contribution in [2.24, 2.45) is 5.41 Å². The molecule has 114 valence electrons. The Balaban J connectivity index is 2.28. The average molecular weight is 274 g/mol. The maximum Gasteiger partial charge on any atom is 0.0791 e. The van der Waals surface area contributed by atoms with E-state index in [9.17, 15) is 5.11 Å². The summed E-state index contributed by atoms with van der Waals surface area (Å²) >= 11 is 0. The summed E-state index contributed by atoms with van der Waals surface area (Å²) in [6.45, 7) is 11.2. The highest BCUT2D eigenvalue weighted by molar-refractivity contribution is 4.81. The van der Waals surface area contributed by atoms with Gasteiger partial charge in [0.2, 0.25) is 0 Å². The standard InChI is InChI=1S/C14H30N2O3/c1-14(2,3)13(4-7-17)15-10-12(18)11-16-5-8-19-9-6-16/h12-13,15,17-18H,4-11H2,1-3H3. The molecule has 2 atom stereocenters. The van der Waals surface area contributed by atoms with Gasteiger partial charge in [-0.25, -0.2) is 0 Å². The lowest BCUT2D eigenvalue weighted by molar-refractivity contribution is 0.0134. The van der Waals surface area contributed by atoms with Gasteiger partial charge in [-0.1, -0.05) is 20.8 Å². The minimum Gasteiger partial charge on any atom is -0.396 e. The predicted octanol–water partition coefficient (Wildman–Crippen LogP) is 0.0662. The van der Waals surface area contributed by atoms with Crippen molar-refractivity contribution in [1.29, 1.82) is 0 Å². The van der Waals surface area contributed by atoms with Gasteiger partial charge < -0.3 is 20.3 Å². The molecule has 19 heavy (non-hydrogen) atoms. The summed E-state index contributed by atoms with van der Waals surface area (Å²) in [6.07, 6.45) is 0.343. The topological polar surface area (TPSA) is 65.0 Å². The van der Waals surface area contributed by atoms with Gasteiger partial charge in [0.15, 0.2) is 0 Å². The number of hydrogen-bond acceptors (Lipinski definition) is 5. The van der Waals surface area contributed by atoms with E-state index in [-0.39, 0.29) is 24.2 Å². The highest BCUT2D eigenvalue weighted by atomic mass is 16.5. The van der Waals surface area contributed by atoms with E-state index in [1.54, 1.807) is 0 Å². The van der Waals surface area contributed by atoms with E-state index >= 15 is 0 Å². The number of nitrogens with zero attached hydrogens (tertiary/aromatic N) is 1. The van der Waals surface area contributed by atoms with Crippen LogP contribution in [0.3, 0.4) is 0 Å². The molecule has 5 heteroatoms. The number of nitrogens with one attached hydrogen (secondary N) is 1. The number of aliphatic hydroxyl groups is 2. The third-order valence-electron chi connectivity index (χ3n) is 3.64. The molecule has 0 aliphatic carbocycles. The van der Waals surface area contributed by atoms with Crippen LogP contribution in [-0.2, 0) is 4.74 Å². The maximum atomic E-state index is 10.1. The van der Waals surface area contributed by atoms with Crippen molar-refractivity contribution in [3.8, 4) is 0 Å². The van der Waals surface area contributed by atoms with Gasteiger partial charge in [-0.15, -0.1) is 0 Å². The van der Waals surface area contributed by atoms with Gasteiger partial charge in [0.25, 0.3) is 0 Å². The number of morpholine rings is 1. The normalized spacial score (nSPS) is 21.3. The Hall–Kier alpha value is -0.200. The summed E-state index contributed by atoms with van der Waals surface area (Å²) in [4.78, 5) is 2.23. The molecule has 1 heterocycles. The van der Waals surface area contributed by atoms with Crippen LogP contribution in [0.15, 0.2) is 0 Å². The van der Waals surface area contributed by atoms with E-state index in [0.717, 1.165) is 26.3 Å². The van der Waals surface area contributed by atoms with Crippen LogP contribution in [0.4, 0.5) is 0 Å². The molecule has 3 N–H and O–H groups in total. The molecule has 0 aromatic heterocycles. The van der Waals surface area contributed by atoms with Gasteiger partial charge in [0.05, 0.1) is 19.3 Å². The second-order valence-corrected chi connectivity index (χ2v) is 6.41. The predicted molar refractivity (Wildman–Crippen MR) is 76.2 cm³/mol. The van der Waals surface area contributed by atoms with Crippen molar-refractivity contribution in [1.82, 2.24) is 10.2 Å². The largest absolute Gasteiger partial charge is 0.396 e. The Labute approximate surface area is 116 Å². The van der Waals surface area contributed by atoms with E-state index in [4.69, 9.17) is 9.84 Å². The SMILES string of the molecule is CC(C)(C)C(CCO)NCC(O)CN1CCOCC1. The highest BCUT2D eigenvalue weighted by Crippen LogP contribution is 2.21. The molecule has 0 aromatic carbocycles. The van der Waals surface area contributed by atoms with Crippen molar-refractivity contribution < 1.29 is 14.9 Å². The Bertz CT molecular complexity index is 237. The van der Waals surface area contributed by atoms with Gasteiger partial charge in [0, 0.05) is 38.8 Å². The molecule has 1 fully saturated rings. The van der Waals surface area contributed by atoms with Crippen LogP contribution < -0.4 is 5.32 Å². The van der Waals surface area contributed by atoms with Crippen molar-refractivity contribution in [2.75, 3.05) is 46.0 Å². The van der Waals surface area contributed by atoms with Crippen LogP contribution in [0.5, 0.6) is 0 Å². The second-order valence-electron chi connectivity index (χ2n) is 6.41. The second kappa shape index (κ2) is 8.17. The van der Waals surface area contributed by atoms with Gasteiger partial charge in [0.1, 0.15) is 0 Å². The Morgan fingerprint density at radius 3 is 2.42 bits per heavy atom. The van der Waals surface area contributed by atoms with Crippen molar-refractivity contribution in [3.63, 3.8) is 0 Å². The molecule has 0 bridgehead atoms. The average Bonchev–Trinajstić information content (AvgIpc) is 2.34. The van der Waals surface area contributed by atoms with Crippen LogP contribution in [-0.4, -0.2) is 73.3 Å². The lowest BCUT2D eigenvalue weighted by atomic mass is 9.85. The van der Waals surface area contributed by atoms with E-state index in [0.29, 0.717) is 19.5 Å². The first-order chi connectivity index (χ1) is 8.93. The summed E-state index contributed by atoms with van der Waals surface area (Å²) < 4.78 is 5.29. The molecule has 0 amide bonds. The molecular formula is C14H30N2O3. The minimum absolute atomic E-state index is 0.0847. The summed E-state index contributed by atoms with van der Waals surface area (Å²) in [7, 11) is 0. The third kappa shape index (κ3) is 6.68. The third-order valence-corrected chi connectivity index (χ3v) is 3.64. The van der Waals surface area contributed by atoms with E-state index in [2.05, 4.69) is 31.0 Å². The van der Waals surface area contributed by atoms with Gasteiger partial charge in [-0.3, -0.25) is 4.90 Å². The Morgan fingerprint density at radius 2 is 1.89 bits per heavy atom. The van der Waals surface area contributed by atoms with Crippen molar-refractivity contribution in [2.45, 2.75) is 39.3 Å². The fourth-order valence-corrected chi connectivity index (χ4v) is 2.39. The van der Waals surface area contributed by atoms with E-state index in [1.165, 1.54) is 0 Å². The monoisotopic (exact) mass is 274 g/mol. The maximum absolute atomic E-state index is 10.1. The number of hydrogen-bond donors (Lipinski definition) is 3. The number of rotatable bonds is 7. The smallest absolute Gasteiger partial charge is 0.0791 e.